The van der Waals surface area contributed by atoms with Crippen molar-refractivity contribution >= 4 is 15.9 Å². The van der Waals surface area contributed by atoms with Crippen molar-refractivity contribution in [2.75, 3.05) is 6.61 Å². The summed E-state index contributed by atoms with van der Waals surface area (Å²) in [6, 6.07) is 1.07. The fourth-order valence-corrected chi connectivity index (χ4v) is 2.21. The van der Waals surface area contributed by atoms with Gasteiger partial charge in [0.1, 0.15) is 10.7 Å². The first kappa shape index (κ1) is 14.7. The number of hydrogen-bond donors (Lipinski definition) is 2. The molecule has 0 bridgehead atoms. The van der Waals surface area contributed by atoms with Crippen LogP contribution in [-0.4, -0.2) is 27.0 Å². The minimum Gasteiger partial charge on any atom is -0.479 e. The molecule has 0 spiro atoms. The van der Waals surface area contributed by atoms with Gasteiger partial charge in [-0.3, -0.25) is 4.79 Å². The summed E-state index contributed by atoms with van der Waals surface area (Å²) < 4.78 is 53.9. The summed E-state index contributed by atoms with van der Waals surface area (Å²) in [5.41, 5.74) is 0. The van der Waals surface area contributed by atoms with Gasteiger partial charge in [-0.2, -0.15) is 0 Å². The maximum atomic E-state index is 13.5. The van der Waals surface area contributed by atoms with Crippen LogP contribution in [-0.2, 0) is 14.8 Å². The molecule has 1 aliphatic carbocycles. The number of sulfonamides is 1. The number of nitrogens with one attached hydrogen (secondary N) is 1. The maximum absolute atomic E-state index is 13.5. The molecule has 6 nitrogen and oxygen atoms in total. The van der Waals surface area contributed by atoms with E-state index in [0.29, 0.717) is 12.1 Å². The van der Waals surface area contributed by atoms with Crippen LogP contribution in [0.4, 0.5) is 8.78 Å². The number of halogens is 2. The van der Waals surface area contributed by atoms with Crippen molar-refractivity contribution in [1.82, 2.24) is 5.32 Å². The fourth-order valence-electron chi connectivity index (χ4n) is 1.52. The van der Waals surface area contributed by atoms with Gasteiger partial charge in [0.25, 0.3) is 5.91 Å². The van der Waals surface area contributed by atoms with E-state index < -0.39 is 44.8 Å². The minimum absolute atomic E-state index is 0.0851. The Labute approximate surface area is 114 Å². The molecule has 0 radical (unpaired) electrons. The van der Waals surface area contributed by atoms with E-state index in [1.807, 2.05) is 0 Å². The molecule has 1 aromatic rings. The average molecular weight is 306 g/mol. The first-order valence-corrected chi connectivity index (χ1v) is 7.26. The smallest absolute Gasteiger partial charge is 0.258 e. The second-order valence-electron chi connectivity index (χ2n) is 4.39. The average Bonchev–Trinajstić information content (AvgIpc) is 3.09. The van der Waals surface area contributed by atoms with E-state index in [1.54, 1.807) is 0 Å². The van der Waals surface area contributed by atoms with E-state index in [9.17, 15) is 22.0 Å². The van der Waals surface area contributed by atoms with E-state index in [2.05, 4.69) is 5.32 Å². The van der Waals surface area contributed by atoms with Gasteiger partial charge < -0.3 is 10.1 Å². The van der Waals surface area contributed by atoms with Crippen LogP contribution in [0.3, 0.4) is 0 Å². The van der Waals surface area contributed by atoms with Gasteiger partial charge >= 0.3 is 0 Å². The fraction of sp³-hybridized carbons (Fsp3) is 0.364. The zero-order chi connectivity index (χ0) is 14.9. The molecule has 0 aliphatic heterocycles. The predicted molar refractivity (Wildman–Crippen MR) is 64.4 cm³/mol. The number of benzene rings is 1. The van der Waals surface area contributed by atoms with Gasteiger partial charge in [-0.05, 0) is 18.9 Å². The van der Waals surface area contributed by atoms with Gasteiger partial charge in [0.15, 0.2) is 18.2 Å². The minimum atomic E-state index is -4.37. The van der Waals surface area contributed by atoms with Crippen molar-refractivity contribution in [2.24, 2.45) is 5.14 Å². The lowest BCUT2D eigenvalue weighted by Crippen LogP contribution is -2.31. The SMILES string of the molecule is NS(=O)(=O)c1cc(F)cc(F)c1OCC(=O)NC1CC1. The molecule has 0 unspecified atom stereocenters. The highest BCUT2D eigenvalue weighted by atomic mass is 32.2. The van der Waals surface area contributed by atoms with Crippen LogP contribution >= 0.6 is 0 Å². The molecule has 1 aliphatic rings. The lowest BCUT2D eigenvalue weighted by Gasteiger charge is -2.11. The molecule has 0 heterocycles. The largest absolute Gasteiger partial charge is 0.479 e. The lowest BCUT2D eigenvalue weighted by molar-refractivity contribution is -0.123. The molecular weight excluding hydrogens is 294 g/mol. The molecule has 1 aromatic carbocycles. The molecular formula is C11H12F2N2O4S. The highest BCUT2D eigenvalue weighted by Gasteiger charge is 2.25. The van der Waals surface area contributed by atoms with Gasteiger partial charge in [-0.25, -0.2) is 22.3 Å². The van der Waals surface area contributed by atoms with Crippen molar-refractivity contribution in [1.29, 1.82) is 0 Å². The molecule has 1 saturated carbocycles. The third kappa shape index (κ3) is 3.64. The topological polar surface area (TPSA) is 98.5 Å². The molecule has 0 atom stereocenters. The van der Waals surface area contributed by atoms with Gasteiger partial charge in [-0.15, -0.1) is 0 Å². The third-order valence-corrected chi connectivity index (χ3v) is 3.49. The number of primary sulfonamides is 1. The van der Waals surface area contributed by atoms with Crippen LogP contribution in [0.1, 0.15) is 12.8 Å². The number of carbonyl (C=O) groups excluding carboxylic acids is 1. The predicted octanol–water partition coefficient (Wildman–Crippen LogP) is 0.270. The Morgan fingerprint density at radius 3 is 2.60 bits per heavy atom. The van der Waals surface area contributed by atoms with Crippen LogP contribution in [0.15, 0.2) is 17.0 Å². The number of nitrogens with two attached hydrogens (primary N) is 1. The summed E-state index contributed by atoms with van der Waals surface area (Å²) in [4.78, 5) is 10.6. The normalized spacial score (nSPS) is 14.9. The van der Waals surface area contributed by atoms with E-state index in [4.69, 9.17) is 9.88 Å². The molecule has 2 rings (SSSR count). The quantitative estimate of drug-likeness (QED) is 0.815. The van der Waals surface area contributed by atoms with Crippen molar-refractivity contribution < 1.29 is 26.7 Å². The lowest BCUT2D eigenvalue weighted by atomic mass is 10.3. The van der Waals surface area contributed by atoms with Crippen molar-refractivity contribution in [3.63, 3.8) is 0 Å². The van der Waals surface area contributed by atoms with Gasteiger partial charge in [0, 0.05) is 12.1 Å². The number of amides is 1. The van der Waals surface area contributed by atoms with Gasteiger partial charge in [0.05, 0.1) is 0 Å². The highest BCUT2D eigenvalue weighted by Crippen LogP contribution is 2.27. The van der Waals surface area contributed by atoms with Crippen molar-refractivity contribution in [3.05, 3.63) is 23.8 Å². The molecule has 1 amide bonds. The van der Waals surface area contributed by atoms with Crippen LogP contribution in [0.5, 0.6) is 5.75 Å². The van der Waals surface area contributed by atoms with Crippen LogP contribution < -0.4 is 15.2 Å². The van der Waals surface area contributed by atoms with Gasteiger partial charge in [0.2, 0.25) is 10.0 Å². The number of rotatable bonds is 5. The maximum Gasteiger partial charge on any atom is 0.258 e. The Balaban J connectivity index is 2.19. The zero-order valence-electron chi connectivity index (χ0n) is 10.2. The second kappa shape index (κ2) is 5.33. The zero-order valence-corrected chi connectivity index (χ0v) is 11.0. The highest BCUT2D eigenvalue weighted by molar-refractivity contribution is 7.89. The Morgan fingerprint density at radius 2 is 2.05 bits per heavy atom. The first-order valence-electron chi connectivity index (χ1n) is 5.71. The summed E-state index contributed by atoms with van der Waals surface area (Å²) >= 11 is 0. The molecule has 9 heteroatoms. The number of carbonyl (C=O) groups is 1. The first-order chi connectivity index (χ1) is 9.27. The summed E-state index contributed by atoms with van der Waals surface area (Å²) in [7, 11) is -4.37. The van der Waals surface area contributed by atoms with Crippen molar-refractivity contribution in [3.8, 4) is 5.75 Å². The Bertz CT molecular complexity index is 644. The summed E-state index contributed by atoms with van der Waals surface area (Å²) in [5, 5.41) is 7.42. The molecule has 20 heavy (non-hydrogen) atoms. The van der Waals surface area contributed by atoms with Crippen molar-refractivity contribution in [2.45, 2.75) is 23.8 Å². The number of hydrogen-bond acceptors (Lipinski definition) is 4. The van der Waals surface area contributed by atoms with E-state index in [-0.39, 0.29) is 6.04 Å². The second-order valence-corrected chi connectivity index (χ2v) is 5.92. The van der Waals surface area contributed by atoms with E-state index in [0.717, 1.165) is 12.8 Å². The number of ether oxygens (including phenoxy) is 1. The van der Waals surface area contributed by atoms with E-state index in [1.165, 1.54) is 0 Å². The van der Waals surface area contributed by atoms with Crippen LogP contribution in [0.2, 0.25) is 0 Å². The molecule has 110 valence electrons. The molecule has 0 saturated heterocycles. The monoisotopic (exact) mass is 306 g/mol. The van der Waals surface area contributed by atoms with Crippen LogP contribution in [0, 0.1) is 11.6 Å². The summed E-state index contributed by atoms with van der Waals surface area (Å²) in [5.74, 6) is -3.63. The standard InChI is InChI=1S/C11H12F2N2O4S/c12-6-3-8(13)11(9(4-6)20(14,17)18)19-5-10(16)15-7-1-2-7/h3-4,7H,1-2,5H2,(H,15,16)(H2,14,17,18). The Morgan fingerprint density at radius 1 is 1.40 bits per heavy atom. The van der Waals surface area contributed by atoms with E-state index >= 15 is 0 Å². The summed E-state index contributed by atoms with van der Waals surface area (Å²) in [6.45, 7) is -0.582. The molecule has 3 N–H and O–H groups in total. The summed E-state index contributed by atoms with van der Waals surface area (Å²) in [6.07, 6.45) is 1.72. The molecule has 0 aromatic heterocycles. The third-order valence-electron chi connectivity index (χ3n) is 2.57. The van der Waals surface area contributed by atoms with Crippen LogP contribution in [0.25, 0.3) is 0 Å². The Kier molecular flexibility index (Phi) is 3.91. The molecule has 1 fully saturated rings. The Hall–Kier alpha value is -1.74. The van der Waals surface area contributed by atoms with Gasteiger partial charge in [-0.1, -0.05) is 0 Å².